The first-order valence-electron chi connectivity index (χ1n) is 7.16. The van der Waals surface area contributed by atoms with Crippen molar-refractivity contribution in [2.75, 3.05) is 23.4 Å². The summed E-state index contributed by atoms with van der Waals surface area (Å²) < 4.78 is 5.28. The molecule has 22 heavy (non-hydrogen) atoms. The lowest BCUT2D eigenvalue weighted by molar-refractivity contribution is -0.117. The van der Waals surface area contributed by atoms with Crippen molar-refractivity contribution >= 4 is 23.5 Å². The molecule has 2 N–H and O–H groups in total. The van der Waals surface area contributed by atoms with Crippen LogP contribution in [0.15, 0.2) is 18.3 Å². The van der Waals surface area contributed by atoms with Gasteiger partial charge in [0.05, 0.1) is 11.9 Å². The minimum Gasteiger partial charge on any atom is -0.443 e. The molecule has 0 aliphatic carbocycles. The van der Waals surface area contributed by atoms with E-state index in [-0.39, 0.29) is 11.9 Å². The molecule has 1 aromatic heterocycles. The summed E-state index contributed by atoms with van der Waals surface area (Å²) in [6.45, 7) is 5.90. The highest BCUT2D eigenvalue weighted by Crippen LogP contribution is 2.22. The first kappa shape index (κ1) is 16.2. The summed E-state index contributed by atoms with van der Waals surface area (Å²) >= 11 is 0. The number of carbonyl (C=O) groups excluding carboxylic acids is 2. The number of hydrogen-bond donors (Lipinski definition) is 1. The monoisotopic (exact) mass is 306 g/mol. The highest BCUT2D eigenvalue weighted by molar-refractivity contribution is 5.96. The zero-order valence-corrected chi connectivity index (χ0v) is 13.4. The Kier molecular flexibility index (Phi) is 4.37. The third-order valence-electron chi connectivity index (χ3n) is 3.21. The zero-order valence-electron chi connectivity index (χ0n) is 13.4. The van der Waals surface area contributed by atoms with Crippen molar-refractivity contribution in [1.82, 2.24) is 4.98 Å². The molecule has 7 nitrogen and oxygen atoms in total. The average molecular weight is 306 g/mol. The quantitative estimate of drug-likeness (QED) is 0.895. The highest BCUT2D eigenvalue weighted by atomic mass is 16.6. The van der Waals surface area contributed by atoms with Crippen LogP contribution in [0, 0.1) is 0 Å². The maximum atomic E-state index is 12.0. The number of amides is 2. The molecule has 120 valence electrons. The number of rotatable bonds is 2. The molecule has 1 fully saturated rings. The molecule has 0 radical (unpaired) electrons. The standard InChI is InChI=1S/C15H22N4O3/c1-15(2,3)22-14(21)18(4)12-6-5-11(8-17-12)19-9-10(16)7-13(19)20/h5-6,8,10H,7,9,16H2,1-4H3. The summed E-state index contributed by atoms with van der Waals surface area (Å²) in [6.07, 6.45) is 1.43. The Labute approximate surface area is 130 Å². The molecule has 2 heterocycles. The lowest BCUT2D eigenvalue weighted by Crippen LogP contribution is -2.34. The molecule has 7 heteroatoms. The van der Waals surface area contributed by atoms with Crippen molar-refractivity contribution < 1.29 is 14.3 Å². The van der Waals surface area contributed by atoms with Crippen LogP contribution in [0.25, 0.3) is 0 Å². The SMILES string of the molecule is CN(C(=O)OC(C)(C)C)c1ccc(N2CC(N)CC2=O)cn1. The van der Waals surface area contributed by atoms with E-state index < -0.39 is 11.7 Å². The fourth-order valence-corrected chi connectivity index (χ4v) is 2.15. The summed E-state index contributed by atoms with van der Waals surface area (Å²) in [5.74, 6) is 0.441. The van der Waals surface area contributed by atoms with E-state index in [9.17, 15) is 9.59 Å². The van der Waals surface area contributed by atoms with Crippen LogP contribution in [0.4, 0.5) is 16.3 Å². The molecule has 2 amide bonds. The molecule has 2 rings (SSSR count). The van der Waals surface area contributed by atoms with Crippen LogP contribution in [-0.2, 0) is 9.53 Å². The minimum absolute atomic E-state index is 0.0115. The van der Waals surface area contributed by atoms with Crippen molar-refractivity contribution in [3.63, 3.8) is 0 Å². The van der Waals surface area contributed by atoms with Gasteiger partial charge < -0.3 is 15.4 Å². The van der Waals surface area contributed by atoms with Gasteiger partial charge in [-0.05, 0) is 32.9 Å². The van der Waals surface area contributed by atoms with E-state index in [1.165, 1.54) is 4.90 Å². The largest absolute Gasteiger partial charge is 0.443 e. The van der Waals surface area contributed by atoms with E-state index in [1.807, 2.05) is 0 Å². The van der Waals surface area contributed by atoms with Crippen LogP contribution in [0.2, 0.25) is 0 Å². The van der Waals surface area contributed by atoms with Gasteiger partial charge in [-0.1, -0.05) is 0 Å². The number of nitrogens with zero attached hydrogens (tertiary/aromatic N) is 3. The van der Waals surface area contributed by atoms with Gasteiger partial charge in [0.1, 0.15) is 11.4 Å². The fourth-order valence-electron chi connectivity index (χ4n) is 2.15. The second kappa shape index (κ2) is 5.92. The predicted octanol–water partition coefficient (Wildman–Crippen LogP) is 1.52. The van der Waals surface area contributed by atoms with Crippen molar-refractivity contribution in [1.29, 1.82) is 0 Å². The van der Waals surface area contributed by atoms with Crippen LogP contribution in [0.3, 0.4) is 0 Å². The molecule has 0 spiro atoms. The molecule has 1 aromatic rings. The molecule has 1 saturated heterocycles. The molecule has 0 bridgehead atoms. The molecule has 1 atom stereocenters. The van der Waals surface area contributed by atoms with Crippen LogP contribution < -0.4 is 15.5 Å². The van der Waals surface area contributed by atoms with E-state index in [0.717, 1.165) is 0 Å². The Balaban J connectivity index is 2.08. The lowest BCUT2D eigenvalue weighted by atomic mass is 10.2. The van der Waals surface area contributed by atoms with Gasteiger partial charge in [-0.3, -0.25) is 9.69 Å². The smallest absolute Gasteiger partial charge is 0.415 e. The first-order chi connectivity index (χ1) is 10.2. The van der Waals surface area contributed by atoms with Crippen LogP contribution in [0.1, 0.15) is 27.2 Å². The molecule has 1 aliphatic heterocycles. The number of carbonyl (C=O) groups is 2. The van der Waals surface area contributed by atoms with Gasteiger partial charge in [0.25, 0.3) is 0 Å². The van der Waals surface area contributed by atoms with Gasteiger partial charge >= 0.3 is 6.09 Å². The Morgan fingerprint density at radius 3 is 2.59 bits per heavy atom. The van der Waals surface area contributed by atoms with Crippen molar-refractivity contribution in [2.24, 2.45) is 5.73 Å². The summed E-state index contributed by atoms with van der Waals surface area (Å²) in [4.78, 5) is 30.9. The minimum atomic E-state index is -0.566. The Bertz CT molecular complexity index is 565. The Morgan fingerprint density at radius 1 is 1.45 bits per heavy atom. The third kappa shape index (κ3) is 3.73. The predicted molar refractivity (Wildman–Crippen MR) is 83.8 cm³/mol. The van der Waals surface area contributed by atoms with Crippen LogP contribution in [-0.4, -0.2) is 42.2 Å². The number of ether oxygens (including phenoxy) is 1. The maximum absolute atomic E-state index is 12.0. The van der Waals surface area contributed by atoms with E-state index in [2.05, 4.69) is 4.98 Å². The maximum Gasteiger partial charge on any atom is 0.415 e. The van der Waals surface area contributed by atoms with Gasteiger partial charge in [-0.25, -0.2) is 9.78 Å². The highest BCUT2D eigenvalue weighted by Gasteiger charge is 2.28. The zero-order chi connectivity index (χ0) is 16.5. The normalized spacial score (nSPS) is 18.5. The fraction of sp³-hybridized carbons (Fsp3) is 0.533. The third-order valence-corrected chi connectivity index (χ3v) is 3.21. The second-order valence-electron chi connectivity index (χ2n) is 6.38. The van der Waals surface area contributed by atoms with Crippen LogP contribution >= 0.6 is 0 Å². The number of pyridine rings is 1. The van der Waals surface area contributed by atoms with Crippen molar-refractivity contribution in [3.05, 3.63) is 18.3 Å². The summed E-state index contributed by atoms with van der Waals surface area (Å²) in [5, 5.41) is 0. The molecular weight excluding hydrogens is 284 g/mol. The molecule has 0 saturated carbocycles. The Morgan fingerprint density at radius 2 is 2.14 bits per heavy atom. The van der Waals surface area contributed by atoms with Crippen molar-refractivity contribution in [3.8, 4) is 0 Å². The van der Waals surface area contributed by atoms with E-state index >= 15 is 0 Å². The summed E-state index contributed by atoms with van der Waals surface area (Å²) in [5.41, 5.74) is 5.89. The number of aromatic nitrogens is 1. The molecular formula is C15H22N4O3. The number of nitrogens with two attached hydrogens (primary N) is 1. The first-order valence-corrected chi connectivity index (χ1v) is 7.16. The van der Waals surface area contributed by atoms with E-state index in [0.29, 0.717) is 24.5 Å². The summed E-state index contributed by atoms with van der Waals surface area (Å²) in [7, 11) is 1.59. The molecule has 1 aliphatic rings. The van der Waals surface area contributed by atoms with Crippen LogP contribution in [0.5, 0.6) is 0 Å². The molecule has 1 unspecified atom stereocenters. The Hall–Kier alpha value is -2.15. The lowest BCUT2D eigenvalue weighted by Gasteiger charge is -2.24. The van der Waals surface area contributed by atoms with Gasteiger partial charge in [0, 0.05) is 26.1 Å². The number of anilines is 2. The van der Waals surface area contributed by atoms with Gasteiger partial charge in [-0.15, -0.1) is 0 Å². The van der Waals surface area contributed by atoms with Crippen molar-refractivity contribution in [2.45, 2.75) is 38.8 Å². The average Bonchev–Trinajstić information content (AvgIpc) is 2.75. The van der Waals surface area contributed by atoms with Gasteiger partial charge in [0.15, 0.2) is 0 Å². The second-order valence-corrected chi connectivity index (χ2v) is 6.38. The topological polar surface area (TPSA) is 88.8 Å². The van der Waals surface area contributed by atoms with E-state index in [4.69, 9.17) is 10.5 Å². The summed E-state index contributed by atoms with van der Waals surface area (Å²) in [6, 6.07) is 3.28. The number of hydrogen-bond acceptors (Lipinski definition) is 5. The van der Waals surface area contributed by atoms with Gasteiger partial charge in [-0.2, -0.15) is 0 Å². The molecule has 0 aromatic carbocycles. The van der Waals surface area contributed by atoms with Gasteiger partial charge in [0.2, 0.25) is 5.91 Å². The van der Waals surface area contributed by atoms with E-state index in [1.54, 1.807) is 51.0 Å².